The second-order valence-electron chi connectivity index (χ2n) is 7.46. The molecule has 0 amide bonds. The van der Waals surface area contributed by atoms with Crippen LogP contribution < -0.4 is 15.9 Å². The van der Waals surface area contributed by atoms with Gasteiger partial charge in [-0.15, -0.1) is 12.1 Å². The summed E-state index contributed by atoms with van der Waals surface area (Å²) in [5.74, 6) is 0. The van der Waals surface area contributed by atoms with Gasteiger partial charge >= 0.3 is 25.0 Å². The smallest absolute Gasteiger partial charge is 0.0134 e. The summed E-state index contributed by atoms with van der Waals surface area (Å²) >= 11 is 3.03. The standard InChI is InChI=1S/C18H15P.C8H4O2.C4H8N2O2.ClH.Co/c1-4-10-16(11-5-1)19(17-12-6-2-7-13-17)18-14-8-3-9-15-18;9-5-7-3-1-2-4-8(7)6-10;1-3(5-7)4(2)6-8;;/h1-15H;1-4H;7-8H,1-2H3;1H;/q;-2;;;+3/p-1/b;;5-3+,6-4+;;. The van der Waals surface area contributed by atoms with Crippen molar-refractivity contribution in [3.63, 3.8) is 0 Å². The first-order chi connectivity index (χ1) is 19.0. The van der Waals surface area contributed by atoms with Crippen LogP contribution in [0.15, 0.2) is 126 Å². The molecule has 4 aromatic rings. The van der Waals surface area contributed by atoms with Crippen LogP contribution in [0.25, 0.3) is 0 Å². The molecule has 0 heterocycles. The minimum Gasteiger partial charge on any atom is -0.0622 e. The van der Waals surface area contributed by atoms with Crippen LogP contribution >= 0.6 is 18.1 Å². The number of hydrogen-bond donors (Lipinski definition) is 2. The van der Waals surface area contributed by atoms with E-state index < -0.39 is 7.92 Å². The summed E-state index contributed by atoms with van der Waals surface area (Å²) in [6.07, 6.45) is 3.27. The van der Waals surface area contributed by atoms with Crippen molar-refractivity contribution in [1.29, 1.82) is 0 Å². The number of hydrogen-bond acceptors (Lipinski definition) is 6. The van der Waals surface area contributed by atoms with E-state index in [-0.39, 0.29) is 11.1 Å². The Morgan fingerprint density at radius 2 is 0.846 bits per heavy atom. The van der Waals surface area contributed by atoms with Crippen LogP contribution in [0.5, 0.6) is 0 Å². The maximum atomic E-state index is 10.1. The summed E-state index contributed by atoms with van der Waals surface area (Å²) in [7, 11) is 3.88. The van der Waals surface area contributed by atoms with Gasteiger partial charge in [-0.25, -0.2) is 12.1 Å². The van der Waals surface area contributed by atoms with Crippen molar-refractivity contribution in [2.24, 2.45) is 10.3 Å². The zero-order valence-corrected chi connectivity index (χ0v) is 23.9. The fourth-order valence-corrected chi connectivity index (χ4v) is 5.29. The van der Waals surface area contributed by atoms with Crippen molar-refractivity contribution >= 4 is 58.0 Å². The van der Waals surface area contributed by atoms with Gasteiger partial charge < -0.3 is 20.0 Å². The fraction of sp³-hybridized carbons (Fsp3) is 0.0667. The molecular formula is C30H27ClCoN2O4P. The third-order valence-electron chi connectivity index (χ3n) is 5.01. The van der Waals surface area contributed by atoms with Crippen LogP contribution in [0.1, 0.15) is 25.0 Å². The average Bonchev–Trinajstić information content (AvgIpc) is 3.03. The summed E-state index contributed by atoms with van der Waals surface area (Å²) in [6, 6.07) is 38.7. The van der Waals surface area contributed by atoms with Crippen molar-refractivity contribution in [1.82, 2.24) is 0 Å². The van der Waals surface area contributed by atoms with Crippen LogP contribution in [0.4, 0.5) is 0 Å². The van der Waals surface area contributed by atoms with Gasteiger partial charge in [0.25, 0.3) is 0 Å². The van der Waals surface area contributed by atoms with Crippen molar-refractivity contribution in [3.05, 3.63) is 126 Å². The van der Waals surface area contributed by atoms with E-state index in [0.29, 0.717) is 11.4 Å². The Balaban J connectivity index is 0.000000321. The molecule has 4 rings (SSSR count). The van der Waals surface area contributed by atoms with E-state index in [1.165, 1.54) is 41.9 Å². The molecule has 0 unspecified atom stereocenters. The predicted molar refractivity (Wildman–Crippen MR) is 157 cm³/mol. The van der Waals surface area contributed by atoms with E-state index in [4.69, 9.17) is 10.4 Å². The van der Waals surface area contributed by atoms with Gasteiger partial charge in [0.15, 0.2) is 0 Å². The number of carbonyl (C=O) groups excluding carboxylic acids is 2. The summed E-state index contributed by atoms with van der Waals surface area (Å²) in [5.41, 5.74) is 1.15. The van der Waals surface area contributed by atoms with E-state index in [0.717, 1.165) is 0 Å². The minimum absolute atomic E-state index is 0.262. The van der Waals surface area contributed by atoms with Gasteiger partial charge in [-0.1, -0.05) is 101 Å². The molecule has 0 aliphatic heterocycles. The Morgan fingerprint density at radius 3 is 1.08 bits per heavy atom. The molecule has 2 N–H and O–H groups in total. The van der Waals surface area contributed by atoms with Crippen molar-refractivity contribution in [2.45, 2.75) is 13.8 Å². The average molecular weight is 605 g/mol. The zero-order chi connectivity index (χ0) is 28.9. The number of benzene rings is 4. The normalized spacial score (nSPS) is 10.5. The van der Waals surface area contributed by atoms with Crippen molar-refractivity contribution in [3.8, 4) is 0 Å². The Labute approximate surface area is 242 Å². The van der Waals surface area contributed by atoms with Crippen LogP contribution in [0, 0.1) is 0 Å². The summed E-state index contributed by atoms with van der Waals surface area (Å²) in [5, 5.41) is 25.8. The van der Waals surface area contributed by atoms with Gasteiger partial charge in [-0.05, 0) is 50.3 Å². The molecule has 39 heavy (non-hydrogen) atoms. The summed E-state index contributed by atoms with van der Waals surface area (Å²) in [4.78, 5) is 20.2. The van der Waals surface area contributed by atoms with Crippen molar-refractivity contribution in [2.75, 3.05) is 0 Å². The number of rotatable bonds is 6. The van der Waals surface area contributed by atoms with Gasteiger partial charge in [0, 0.05) is 0 Å². The third kappa shape index (κ3) is 11.8. The van der Waals surface area contributed by atoms with Crippen LogP contribution in [-0.2, 0) is 24.4 Å². The largest absolute Gasteiger partial charge is 0.0622 e. The molecule has 202 valence electrons. The molecule has 0 radical (unpaired) electrons. The SMILES string of the molecule is CC(=N\O)/C(C)=N/O.O=[C-]c1ccccc1[C-]=O.[Cl][Co+2].c1ccc(P(c2ccccc2)c2ccccc2)cc1. The molecule has 9 heteroatoms. The Hall–Kier alpha value is -3.61. The summed E-state index contributed by atoms with van der Waals surface area (Å²) in [6.45, 7) is 3.07. The van der Waals surface area contributed by atoms with Gasteiger partial charge in [0.1, 0.15) is 11.4 Å². The minimum atomic E-state index is -0.446. The first-order valence-corrected chi connectivity index (χ1v) is 14.1. The van der Waals surface area contributed by atoms with Gasteiger partial charge in [-0.2, -0.15) is 0 Å². The van der Waals surface area contributed by atoms with E-state index in [1.807, 2.05) is 0 Å². The maximum Gasteiger partial charge on any atom is -0.0134 e. The first-order valence-electron chi connectivity index (χ1n) is 11.4. The molecule has 0 spiro atoms. The topological polar surface area (TPSA) is 99.3 Å². The quantitative estimate of drug-likeness (QED) is 0.101. The van der Waals surface area contributed by atoms with E-state index in [1.54, 1.807) is 24.7 Å². The second kappa shape index (κ2) is 20.4. The van der Waals surface area contributed by atoms with Gasteiger partial charge in [0.05, 0.1) is 0 Å². The molecule has 0 saturated carbocycles. The Kier molecular flexibility index (Phi) is 17.4. The molecular weight excluding hydrogens is 578 g/mol. The fourth-order valence-electron chi connectivity index (χ4n) is 2.98. The number of oxime groups is 2. The van der Waals surface area contributed by atoms with Gasteiger partial charge in [-0.3, -0.25) is 11.1 Å². The molecule has 6 nitrogen and oxygen atoms in total. The van der Waals surface area contributed by atoms with Crippen LogP contribution in [0.2, 0.25) is 0 Å². The number of nitrogens with zero attached hydrogens (tertiary/aromatic N) is 2. The van der Waals surface area contributed by atoms with Crippen LogP contribution in [-0.4, -0.2) is 34.4 Å². The summed E-state index contributed by atoms with van der Waals surface area (Å²) < 4.78 is 0. The predicted octanol–water partition coefficient (Wildman–Crippen LogP) is 5.42. The first kappa shape index (κ1) is 33.4. The molecule has 4 aromatic carbocycles. The van der Waals surface area contributed by atoms with Gasteiger partial charge in [0.2, 0.25) is 0 Å². The number of halogens is 1. The van der Waals surface area contributed by atoms with Crippen LogP contribution in [0.3, 0.4) is 0 Å². The Bertz CT molecular complexity index is 1170. The van der Waals surface area contributed by atoms with E-state index in [2.05, 4.69) is 126 Å². The van der Waals surface area contributed by atoms with E-state index >= 15 is 0 Å². The van der Waals surface area contributed by atoms with Crippen molar-refractivity contribution < 1.29 is 34.8 Å². The Morgan fingerprint density at radius 1 is 0.590 bits per heavy atom. The molecule has 0 fully saturated rings. The zero-order valence-electron chi connectivity index (χ0n) is 21.2. The maximum absolute atomic E-state index is 10.1. The molecule has 0 aliphatic carbocycles. The molecule has 0 aromatic heterocycles. The monoisotopic (exact) mass is 604 g/mol. The van der Waals surface area contributed by atoms with E-state index in [9.17, 15) is 9.59 Å². The molecule has 0 aliphatic rings. The third-order valence-corrected chi connectivity index (χ3v) is 7.46. The molecule has 0 saturated heterocycles. The molecule has 0 bridgehead atoms. The second-order valence-corrected chi connectivity index (χ2v) is 9.68. The molecule has 0 atom stereocenters.